The summed E-state index contributed by atoms with van der Waals surface area (Å²) in [6.45, 7) is 0. The fraction of sp³-hybridized carbons (Fsp3) is 0. The van der Waals surface area contributed by atoms with Gasteiger partial charge in [0.25, 0.3) is 0 Å². The summed E-state index contributed by atoms with van der Waals surface area (Å²) in [6.07, 6.45) is 0. The molecule has 16 heavy (non-hydrogen) atoms. The minimum absolute atomic E-state index is 0. The molecule has 4 nitrogen and oxygen atoms in total. The molecule has 0 spiro atoms. The van der Waals surface area contributed by atoms with Crippen LogP contribution in [0.3, 0.4) is 0 Å². The third-order valence-electron chi connectivity index (χ3n) is 2.04. The van der Waals surface area contributed by atoms with Crippen molar-refractivity contribution in [3.63, 3.8) is 0 Å². The van der Waals surface area contributed by atoms with E-state index in [1.54, 1.807) is 18.2 Å². The summed E-state index contributed by atoms with van der Waals surface area (Å²) >= 11 is 5.78. The summed E-state index contributed by atoms with van der Waals surface area (Å²) in [6, 6.07) is 6.48. The van der Waals surface area contributed by atoms with E-state index in [9.17, 15) is 4.79 Å². The number of nitrogens with zero attached hydrogens (tertiary/aromatic N) is 1. The number of rotatable bonds is 1. The van der Waals surface area contributed by atoms with Crippen molar-refractivity contribution in [3.8, 4) is 0 Å². The van der Waals surface area contributed by atoms with E-state index in [-0.39, 0.29) is 30.2 Å². The van der Waals surface area contributed by atoms with Gasteiger partial charge < -0.3 is 10.8 Å². The molecule has 0 amide bonds. The van der Waals surface area contributed by atoms with Gasteiger partial charge in [-0.05, 0) is 24.3 Å². The van der Waals surface area contributed by atoms with E-state index in [4.69, 9.17) is 22.4 Å². The Kier molecular flexibility index (Phi) is 3.82. The van der Waals surface area contributed by atoms with E-state index < -0.39 is 5.97 Å². The number of benzene rings is 1. The molecule has 6 heteroatoms. The van der Waals surface area contributed by atoms with Crippen molar-refractivity contribution >= 4 is 53.2 Å². The van der Waals surface area contributed by atoms with Crippen molar-refractivity contribution in [1.82, 2.24) is 4.98 Å². The molecule has 0 fully saturated rings. The first-order chi connectivity index (χ1) is 7.08. The maximum atomic E-state index is 10.8. The maximum absolute atomic E-state index is 10.8. The van der Waals surface area contributed by atoms with E-state index in [0.29, 0.717) is 15.9 Å². The van der Waals surface area contributed by atoms with Crippen molar-refractivity contribution < 1.29 is 9.90 Å². The molecule has 0 bridgehead atoms. The van der Waals surface area contributed by atoms with Crippen LogP contribution in [0.2, 0.25) is 5.02 Å². The van der Waals surface area contributed by atoms with Gasteiger partial charge in [-0.3, -0.25) is 0 Å². The first-order valence-electron chi connectivity index (χ1n) is 4.17. The van der Waals surface area contributed by atoms with Gasteiger partial charge >= 0.3 is 24.8 Å². The number of aromatic carboxylic acids is 1. The minimum atomic E-state index is -1.10. The molecule has 0 aliphatic carbocycles. The topological polar surface area (TPSA) is 76.2 Å². The van der Waals surface area contributed by atoms with Crippen LogP contribution < -0.4 is 5.73 Å². The SMILES string of the molecule is Nc1nc2ccc(Cl)cc2cc1C(=O)O.[LiH]. The third kappa shape index (κ3) is 2.30. The van der Waals surface area contributed by atoms with E-state index in [2.05, 4.69) is 4.98 Å². The van der Waals surface area contributed by atoms with Crippen LogP contribution in [0, 0.1) is 0 Å². The number of hydrogen-bond donors (Lipinski definition) is 2. The zero-order valence-corrected chi connectivity index (χ0v) is 8.32. The van der Waals surface area contributed by atoms with Crippen molar-refractivity contribution in [2.45, 2.75) is 0 Å². The van der Waals surface area contributed by atoms with Gasteiger partial charge in [0.2, 0.25) is 0 Å². The molecule has 0 aliphatic rings. The van der Waals surface area contributed by atoms with E-state index in [1.807, 2.05) is 0 Å². The fourth-order valence-electron chi connectivity index (χ4n) is 1.33. The van der Waals surface area contributed by atoms with Crippen molar-refractivity contribution in [2.75, 3.05) is 5.73 Å². The Morgan fingerprint density at radius 2 is 2.06 bits per heavy atom. The van der Waals surface area contributed by atoms with Crippen LogP contribution in [0.15, 0.2) is 24.3 Å². The molecule has 2 aromatic rings. The van der Waals surface area contributed by atoms with Gasteiger partial charge in [-0.2, -0.15) is 0 Å². The van der Waals surface area contributed by atoms with Crippen LogP contribution in [0.1, 0.15) is 10.4 Å². The quantitative estimate of drug-likeness (QED) is 0.729. The van der Waals surface area contributed by atoms with E-state index in [1.165, 1.54) is 6.07 Å². The van der Waals surface area contributed by atoms with Crippen LogP contribution in [0.25, 0.3) is 10.9 Å². The van der Waals surface area contributed by atoms with Gasteiger partial charge in [0.15, 0.2) is 0 Å². The summed E-state index contributed by atoms with van der Waals surface area (Å²) in [5, 5.41) is 10.0. The Labute approximate surface area is 109 Å². The summed E-state index contributed by atoms with van der Waals surface area (Å²) in [5.74, 6) is -1.08. The van der Waals surface area contributed by atoms with Crippen LogP contribution in [-0.2, 0) is 0 Å². The molecule has 3 N–H and O–H groups in total. The van der Waals surface area contributed by atoms with E-state index in [0.717, 1.165) is 0 Å². The molecular formula is C10H8ClLiN2O2. The summed E-state index contributed by atoms with van der Waals surface area (Å²) < 4.78 is 0. The molecule has 0 aliphatic heterocycles. The van der Waals surface area contributed by atoms with E-state index >= 15 is 0 Å². The number of nitrogens with two attached hydrogens (primary N) is 1. The molecule has 0 radical (unpaired) electrons. The van der Waals surface area contributed by atoms with Crippen molar-refractivity contribution in [3.05, 3.63) is 34.9 Å². The first-order valence-corrected chi connectivity index (χ1v) is 4.55. The Bertz CT molecular complexity index is 560. The number of aromatic nitrogens is 1. The van der Waals surface area contributed by atoms with Gasteiger partial charge in [-0.1, -0.05) is 11.6 Å². The third-order valence-corrected chi connectivity index (χ3v) is 2.27. The molecule has 1 aromatic carbocycles. The number of hydrogen-bond acceptors (Lipinski definition) is 3. The molecule has 0 unspecified atom stereocenters. The normalized spacial score (nSPS) is 9.81. The first kappa shape index (κ1) is 12.9. The van der Waals surface area contributed by atoms with Gasteiger partial charge in [-0.25, -0.2) is 9.78 Å². The van der Waals surface area contributed by atoms with Crippen LogP contribution in [0.5, 0.6) is 0 Å². The second-order valence-electron chi connectivity index (χ2n) is 3.06. The molecule has 1 aromatic heterocycles. The average Bonchev–Trinajstić information content (AvgIpc) is 2.17. The summed E-state index contributed by atoms with van der Waals surface area (Å²) in [5.41, 5.74) is 6.12. The number of fused-ring (bicyclic) bond motifs is 1. The Balaban J connectivity index is 0.00000128. The number of halogens is 1. The molecule has 1 heterocycles. The number of carboxylic acid groups (broad SMARTS) is 1. The Morgan fingerprint density at radius 1 is 1.38 bits per heavy atom. The standard InChI is InChI=1S/C10H7ClN2O2.Li.H/c11-6-1-2-8-5(3-6)4-7(10(14)15)9(12)13-8;;/h1-4H,(H2,12,13)(H,14,15);;. The zero-order chi connectivity index (χ0) is 11.0. The van der Waals surface area contributed by atoms with Crippen molar-refractivity contribution in [2.24, 2.45) is 0 Å². The molecule has 0 atom stereocenters. The predicted molar refractivity (Wildman–Crippen MR) is 65.3 cm³/mol. The van der Waals surface area contributed by atoms with Crippen molar-refractivity contribution in [1.29, 1.82) is 0 Å². The number of carbonyl (C=O) groups is 1. The molecule has 78 valence electrons. The van der Waals surface area contributed by atoms with Crippen LogP contribution in [0.4, 0.5) is 5.82 Å². The molecule has 0 saturated carbocycles. The fourth-order valence-corrected chi connectivity index (χ4v) is 1.51. The Hall–Kier alpha value is -1.21. The molecular weight excluding hydrogens is 223 g/mol. The second kappa shape index (κ2) is 4.75. The van der Waals surface area contributed by atoms with Gasteiger partial charge in [0.05, 0.1) is 5.52 Å². The number of nitrogen functional groups attached to an aromatic ring is 1. The number of anilines is 1. The molecule has 2 rings (SSSR count). The summed E-state index contributed by atoms with van der Waals surface area (Å²) in [7, 11) is 0. The van der Waals surface area contributed by atoms with Crippen LogP contribution in [-0.4, -0.2) is 34.9 Å². The van der Waals surface area contributed by atoms with Gasteiger partial charge in [0.1, 0.15) is 11.4 Å². The predicted octanol–water partition coefficient (Wildman–Crippen LogP) is 1.52. The van der Waals surface area contributed by atoms with Gasteiger partial charge in [0, 0.05) is 10.4 Å². The second-order valence-corrected chi connectivity index (χ2v) is 3.50. The zero-order valence-electron chi connectivity index (χ0n) is 7.57. The number of carboxylic acids is 1. The van der Waals surface area contributed by atoms with Crippen LogP contribution >= 0.6 is 11.6 Å². The average molecular weight is 231 g/mol. The monoisotopic (exact) mass is 230 g/mol. The summed E-state index contributed by atoms with van der Waals surface area (Å²) in [4.78, 5) is 14.8. The molecule has 0 saturated heterocycles. The van der Waals surface area contributed by atoms with Gasteiger partial charge in [-0.15, -0.1) is 0 Å². The Morgan fingerprint density at radius 3 is 2.69 bits per heavy atom. The number of pyridine rings is 1.